The van der Waals surface area contributed by atoms with Crippen LogP contribution in [0.2, 0.25) is 0 Å². The Morgan fingerprint density at radius 2 is 2.03 bits per heavy atom. The van der Waals surface area contributed by atoms with Crippen molar-refractivity contribution in [2.24, 2.45) is 0 Å². The highest BCUT2D eigenvalue weighted by Crippen LogP contribution is 2.39. The molecule has 0 bridgehead atoms. The smallest absolute Gasteiger partial charge is 0.387 e. The highest BCUT2D eigenvalue weighted by atomic mass is 19.4. The Kier molecular flexibility index (Phi) is 5.94. The molecule has 1 fully saturated rings. The standard InChI is InChI=1S/C25H23F3N4O3/c1-14-2-3-18(31-24(34)16-6-17(12-29-10-16)25(26,27)28)8-20(14)15-7-21-23(30-11-15)22(33)9-19-13-35-5-4-32(19)21/h2-3,6-8,10-12,19,22,33H,4-5,9,13H2,1H3,(H,31,34)/t19-,22-/m1/s1. The lowest BCUT2D eigenvalue weighted by atomic mass is 9.94. The van der Waals surface area contributed by atoms with Crippen LogP contribution in [0.15, 0.2) is 48.9 Å². The molecule has 1 aromatic carbocycles. The molecule has 0 saturated carbocycles. The van der Waals surface area contributed by atoms with Gasteiger partial charge < -0.3 is 20.1 Å². The second-order valence-electron chi connectivity index (χ2n) is 8.75. The zero-order valence-corrected chi connectivity index (χ0v) is 18.8. The Balaban J connectivity index is 1.44. The van der Waals surface area contributed by atoms with E-state index in [0.717, 1.165) is 34.6 Å². The van der Waals surface area contributed by atoms with E-state index in [1.165, 1.54) is 0 Å². The molecular formula is C25H23F3N4O3. The fraction of sp³-hybridized carbons (Fsp3) is 0.320. The zero-order valence-electron chi connectivity index (χ0n) is 18.8. The third kappa shape index (κ3) is 4.59. The van der Waals surface area contributed by atoms with E-state index in [2.05, 4.69) is 20.2 Å². The molecular weight excluding hydrogens is 461 g/mol. The Hall–Kier alpha value is -3.50. The Labute approximate surface area is 199 Å². The number of anilines is 2. The van der Waals surface area contributed by atoms with Gasteiger partial charge in [0.05, 0.1) is 41.8 Å². The average molecular weight is 484 g/mol. The first-order valence-electron chi connectivity index (χ1n) is 11.2. The number of morpholine rings is 1. The molecule has 2 aliphatic heterocycles. The second kappa shape index (κ2) is 8.94. The Morgan fingerprint density at radius 3 is 2.83 bits per heavy atom. The molecule has 1 saturated heterocycles. The third-order valence-corrected chi connectivity index (χ3v) is 6.38. The maximum absolute atomic E-state index is 13.0. The monoisotopic (exact) mass is 484 g/mol. The summed E-state index contributed by atoms with van der Waals surface area (Å²) < 4.78 is 44.5. The largest absolute Gasteiger partial charge is 0.417 e. The van der Waals surface area contributed by atoms with Crippen molar-refractivity contribution in [2.75, 3.05) is 30.0 Å². The van der Waals surface area contributed by atoms with Gasteiger partial charge in [-0.2, -0.15) is 13.2 Å². The maximum atomic E-state index is 13.0. The van der Waals surface area contributed by atoms with Crippen LogP contribution in [0.5, 0.6) is 0 Å². The first kappa shape index (κ1) is 23.3. The highest BCUT2D eigenvalue weighted by molar-refractivity contribution is 6.04. The normalized spacial score (nSPS) is 19.6. The number of pyridine rings is 2. The quantitative estimate of drug-likeness (QED) is 0.574. The second-order valence-corrected chi connectivity index (χ2v) is 8.75. The molecule has 10 heteroatoms. The van der Waals surface area contributed by atoms with Gasteiger partial charge in [0.2, 0.25) is 0 Å². The lowest BCUT2D eigenvalue weighted by Gasteiger charge is -2.43. The van der Waals surface area contributed by atoms with Crippen LogP contribution in [0.4, 0.5) is 24.5 Å². The summed E-state index contributed by atoms with van der Waals surface area (Å²) in [5.41, 5.74) is 3.28. The molecule has 2 N–H and O–H groups in total. The van der Waals surface area contributed by atoms with Gasteiger partial charge >= 0.3 is 6.18 Å². The summed E-state index contributed by atoms with van der Waals surface area (Å²) in [6, 6.07) is 8.10. The molecule has 0 aliphatic carbocycles. The number of aliphatic hydroxyl groups excluding tert-OH is 1. The number of aromatic nitrogens is 2. The highest BCUT2D eigenvalue weighted by Gasteiger charge is 2.35. The van der Waals surface area contributed by atoms with E-state index < -0.39 is 23.8 Å². The van der Waals surface area contributed by atoms with Crippen LogP contribution in [0, 0.1) is 6.92 Å². The molecule has 2 atom stereocenters. The van der Waals surface area contributed by atoms with Crippen molar-refractivity contribution in [2.45, 2.75) is 31.7 Å². The fourth-order valence-corrected chi connectivity index (χ4v) is 4.57. The number of hydrogen-bond donors (Lipinski definition) is 2. The van der Waals surface area contributed by atoms with Crippen LogP contribution in [0.1, 0.15) is 39.7 Å². The van der Waals surface area contributed by atoms with Crippen LogP contribution < -0.4 is 10.2 Å². The van der Waals surface area contributed by atoms with Gasteiger partial charge in [-0.1, -0.05) is 6.07 Å². The summed E-state index contributed by atoms with van der Waals surface area (Å²) in [6.45, 7) is 3.77. The molecule has 2 aliphatic rings. The van der Waals surface area contributed by atoms with E-state index in [0.29, 0.717) is 43.8 Å². The van der Waals surface area contributed by atoms with Crippen molar-refractivity contribution in [3.63, 3.8) is 0 Å². The number of carbonyl (C=O) groups is 1. The van der Waals surface area contributed by atoms with Crippen LogP contribution in [0.3, 0.4) is 0 Å². The van der Waals surface area contributed by atoms with Crippen LogP contribution >= 0.6 is 0 Å². The molecule has 35 heavy (non-hydrogen) atoms. The summed E-state index contributed by atoms with van der Waals surface area (Å²) in [5, 5.41) is 13.2. The summed E-state index contributed by atoms with van der Waals surface area (Å²) in [6.07, 6.45) is -1.24. The number of carbonyl (C=O) groups excluding carboxylic acids is 1. The number of nitrogens with zero attached hydrogens (tertiary/aromatic N) is 3. The number of ether oxygens (including phenoxy) is 1. The first-order valence-corrected chi connectivity index (χ1v) is 11.2. The minimum absolute atomic E-state index is 0.0797. The van der Waals surface area contributed by atoms with Gasteiger partial charge in [-0.15, -0.1) is 0 Å². The van der Waals surface area contributed by atoms with Crippen LogP contribution in [-0.2, 0) is 10.9 Å². The number of alkyl halides is 3. The molecule has 7 nitrogen and oxygen atoms in total. The van der Waals surface area contributed by atoms with Crippen LogP contribution in [-0.4, -0.2) is 46.8 Å². The number of amides is 1. The van der Waals surface area contributed by atoms with Gasteiger partial charge in [-0.25, -0.2) is 0 Å². The summed E-state index contributed by atoms with van der Waals surface area (Å²) in [5.74, 6) is -0.693. The summed E-state index contributed by atoms with van der Waals surface area (Å²) in [7, 11) is 0. The molecule has 2 aromatic heterocycles. The minimum atomic E-state index is -4.59. The topological polar surface area (TPSA) is 87.6 Å². The molecule has 0 spiro atoms. The number of nitrogens with one attached hydrogen (secondary N) is 1. The van der Waals surface area contributed by atoms with E-state index in [9.17, 15) is 23.1 Å². The van der Waals surface area contributed by atoms with Gasteiger partial charge in [-0.3, -0.25) is 14.8 Å². The van der Waals surface area contributed by atoms with E-state index in [1.807, 2.05) is 19.1 Å². The molecule has 5 rings (SSSR count). The van der Waals surface area contributed by atoms with E-state index in [4.69, 9.17) is 4.74 Å². The molecule has 3 aromatic rings. The van der Waals surface area contributed by atoms with E-state index in [-0.39, 0.29) is 11.6 Å². The van der Waals surface area contributed by atoms with E-state index >= 15 is 0 Å². The fourth-order valence-electron chi connectivity index (χ4n) is 4.57. The molecule has 4 heterocycles. The van der Waals surface area contributed by atoms with Gasteiger partial charge in [0.15, 0.2) is 0 Å². The van der Waals surface area contributed by atoms with Gasteiger partial charge in [0, 0.05) is 42.8 Å². The van der Waals surface area contributed by atoms with Crippen molar-refractivity contribution in [3.05, 3.63) is 71.3 Å². The predicted molar refractivity (Wildman–Crippen MR) is 123 cm³/mol. The van der Waals surface area contributed by atoms with Crippen molar-refractivity contribution in [1.29, 1.82) is 0 Å². The SMILES string of the molecule is Cc1ccc(NC(=O)c2cncc(C(F)(F)F)c2)cc1-c1cnc2c(c1)N1CCOC[C@H]1C[C@H]2O. The lowest BCUT2D eigenvalue weighted by Crippen LogP contribution is -2.49. The predicted octanol–water partition coefficient (Wildman–Crippen LogP) is 4.37. The van der Waals surface area contributed by atoms with Gasteiger partial charge in [0.1, 0.15) is 6.10 Å². The third-order valence-electron chi connectivity index (χ3n) is 6.38. The minimum Gasteiger partial charge on any atom is -0.387 e. The Morgan fingerprint density at radius 1 is 1.20 bits per heavy atom. The van der Waals surface area contributed by atoms with Crippen molar-refractivity contribution < 1.29 is 27.8 Å². The number of fused-ring (bicyclic) bond motifs is 3. The van der Waals surface area contributed by atoms with Gasteiger partial charge in [-0.05, 0) is 42.3 Å². The molecule has 0 radical (unpaired) electrons. The van der Waals surface area contributed by atoms with Crippen molar-refractivity contribution >= 4 is 17.3 Å². The molecule has 182 valence electrons. The number of halogens is 3. The summed E-state index contributed by atoms with van der Waals surface area (Å²) >= 11 is 0. The average Bonchev–Trinajstić information content (AvgIpc) is 2.84. The molecule has 1 amide bonds. The lowest BCUT2D eigenvalue weighted by molar-refractivity contribution is -0.137. The zero-order chi connectivity index (χ0) is 24.7. The first-order chi connectivity index (χ1) is 16.7. The maximum Gasteiger partial charge on any atom is 0.417 e. The van der Waals surface area contributed by atoms with Crippen LogP contribution in [0.25, 0.3) is 11.1 Å². The number of benzene rings is 1. The van der Waals surface area contributed by atoms with Gasteiger partial charge in [0.25, 0.3) is 5.91 Å². The number of hydrogen-bond acceptors (Lipinski definition) is 6. The number of aryl methyl sites for hydroxylation is 1. The van der Waals surface area contributed by atoms with E-state index in [1.54, 1.807) is 18.3 Å². The Bertz CT molecular complexity index is 1280. The van der Waals surface area contributed by atoms with Crippen molar-refractivity contribution in [3.8, 4) is 11.1 Å². The number of aliphatic hydroxyl groups is 1. The summed E-state index contributed by atoms with van der Waals surface area (Å²) in [4.78, 5) is 22.9. The molecule has 0 unspecified atom stereocenters. The number of rotatable bonds is 3. The van der Waals surface area contributed by atoms with Crippen molar-refractivity contribution in [1.82, 2.24) is 9.97 Å².